The molecule has 3 nitrogen and oxygen atoms in total. The number of hydrogen-bond acceptors (Lipinski definition) is 3. The summed E-state index contributed by atoms with van der Waals surface area (Å²) < 4.78 is 3.22. The number of fused-ring (bicyclic) bond motifs is 1. The molecule has 0 saturated heterocycles. The number of hydrogen-bond donors (Lipinski definition) is 0. The number of carbonyl (C=O) groups is 1. The molecule has 108 valence electrons. The van der Waals surface area contributed by atoms with Gasteiger partial charge in [-0.15, -0.1) is 11.3 Å². The van der Waals surface area contributed by atoms with E-state index < -0.39 is 0 Å². The lowest BCUT2D eigenvalue weighted by Crippen LogP contribution is -2.12. The van der Waals surface area contributed by atoms with Gasteiger partial charge in [0.1, 0.15) is 0 Å². The van der Waals surface area contributed by atoms with Crippen molar-refractivity contribution >= 4 is 73.6 Å². The summed E-state index contributed by atoms with van der Waals surface area (Å²) in [6, 6.07) is 6.81. The average Bonchev–Trinajstić information content (AvgIpc) is 2.94. The Kier molecular flexibility index (Phi) is 4.12. The van der Waals surface area contributed by atoms with E-state index in [2.05, 4.69) is 4.99 Å². The summed E-state index contributed by atoms with van der Waals surface area (Å²) in [6.07, 6.45) is 0. The van der Waals surface area contributed by atoms with Crippen molar-refractivity contribution < 1.29 is 4.79 Å². The molecule has 0 bridgehead atoms. The second-order valence-corrected chi connectivity index (χ2v) is 7.77. The van der Waals surface area contributed by atoms with Gasteiger partial charge in [0.15, 0.2) is 4.80 Å². The number of thiophene rings is 1. The minimum atomic E-state index is -0.323. The predicted molar refractivity (Wildman–Crippen MR) is 90.0 cm³/mol. The van der Waals surface area contributed by atoms with E-state index in [1.165, 1.54) is 22.7 Å². The largest absolute Gasteiger partial charge is 0.318 e. The highest BCUT2D eigenvalue weighted by Crippen LogP contribution is 2.29. The van der Waals surface area contributed by atoms with Crippen molar-refractivity contribution in [3.63, 3.8) is 0 Å². The maximum absolute atomic E-state index is 12.1. The van der Waals surface area contributed by atoms with E-state index in [0.717, 1.165) is 10.2 Å². The third-order valence-corrected chi connectivity index (χ3v) is 5.60. The maximum Gasteiger partial charge on any atom is 0.289 e. The van der Waals surface area contributed by atoms with Gasteiger partial charge in [-0.2, -0.15) is 4.99 Å². The molecule has 0 atom stereocenters. The number of nitrogens with zero attached hydrogens (tertiary/aromatic N) is 2. The number of amides is 1. The van der Waals surface area contributed by atoms with E-state index in [-0.39, 0.29) is 5.91 Å². The van der Waals surface area contributed by atoms with E-state index in [1.54, 1.807) is 28.8 Å². The zero-order valence-electron chi connectivity index (χ0n) is 10.6. The molecule has 3 rings (SSSR count). The van der Waals surface area contributed by atoms with Gasteiger partial charge in [-0.25, -0.2) is 0 Å². The number of thiazole rings is 1. The lowest BCUT2D eigenvalue weighted by molar-refractivity contribution is 0.100. The van der Waals surface area contributed by atoms with Crippen LogP contribution in [0.2, 0.25) is 14.4 Å². The minimum Gasteiger partial charge on any atom is -0.318 e. The molecule has 3 aromatic rings. The van der Waals surface area contributed by atoms with E-state index >= 15 is 0 Å². The van der Waals surface area contributed by atoms with E-state index in [0.29, 0.717) is 24.1 Å². The van der Waals surface area contributed by atoms with Crippen molar-refractivity contribution in [3.8, 4) is 0 Å². The van der Waals surface area contributed by atoms with Crippen LogP contribution in [-0.2, 0) is 7.05 Å². The molecule has 0 fully saturated rings. The van der Waals surface area contributed by atoms with Crippen LogP contribution in [0.5, 0.6) is 0 Å². The summed E-state index contributed by atoms with van der Waals surface area (Å²) in [5.74, 6) is -0.323. The van der Waals surface area contributed by atoms with Crippen LogP contribution < -0.4 is 4.80 Å². The first kappa shape index (κ1) is 15.1. The van der Waals surface area contributed by atoms with Crippen molar-refractivity contribution in [3.05, 3.63) is 48.3 Å². The molecule has 0 aliphatic carbocycles. The zero-order chi connectivity index (χ0) is 15.1. The number of halogens is 3. The molecule has 1 amide bonds. The highest BCUT2D eigenvalue weighted by Gasteiger charge is 2.11. The Bertz CT molecular complexity index is 923. The summed E-state index contributed by atoms with van der Waals surface area (Å²) in [7, 11) is 1.81. The van der Waals surface area contributed by atoms with Crippen LogP contribution in [0.3, 0.4) is 0 Å². The van der Waals surface area contributed by atoms with Crippen molar-refractivity contribution in [2.45, 2.75) is 0 Å². The van der Waals surface area contributed by atoms with Gasteiger partial charge in [-0.3, -0.25) is 4.79 Å². The lowest BCUT2D eigenvalue weighted by Gasteiger charge is -1.98. The van der Waals surface area contributed by atoms with Gasteiger partial charge in [0.2, 0.25) is 0 Å². The van der Waals surface area contributed by atoms with Crippen LogP contribution in [0.15, 0.2) is 29.3 Å². The first-order valence-electron chi connectivity index (χ1n) is 5.74. The first-order chi connectivity index (χ1) is 9.95. The van der Waals surface area contributed by atoms with Crippen molar-refractivity contribution in [1.82, 2.24) is 4.57 Å². The number of aryl methyl sites for hydroxylation is 1. The fourth-order valence-corrected chi connectivity index (χ4v) is 4.63. The molecule has 2 aromatic heterocycles. The van der Waals surface area contributed by atoms with Crippen molar-refractivity contribution in [2.24, 2.45) is 12.0 Å². The van der Waals surface area contributed by atoms with Gasteiger partial charge < -0.3 is 4.57 Å². The lowest BCUT2D eigenvalue weighted by atomic mass is 10.3. The number of benzene rings is 1. The molecule has 0 saturated carbocycles. The van der Waals surface area contributed by atoms with Crippen molar-refractivity contribution in [1.29, 1.82) is 0 Å². The molecule has 0 unspecified atom stereocenters. The van der Waals surface area contributed by atoms with Crippen LogP contribution in [0.25, 0.3) is 10.2 Å². The maximum atomic E-state index is 12.1. The quantitative estimate of drug-likeness (QED) is 0.587. The Morgan fingerprint density at radius 3 is 2.62 bits per heavy atom. The minimum absolute atomic E-state index is 0.323. The average molecular weight is 378 g/mol. The third-order valence-electron chi connectivity index (χ3n) is 2.80. The van der Waals surface area contributed by atoms with Gasteiger partial charge >= 0.3 is 0 Å². The second kappa shape index (κ2) is 5.74. The summed E-state index contributed by atoms with van der Waals surface area (Å²) in [6.45, 7) is 0. The molecule has 0 spiro atoms. The van der Waals surface area contributed by atoms with Crippen LogP contribution >= 0.6 is 57.5 Å². The van der Waals surface area contributed by atoms with Crippen LogP contribution in [-0.4, -0.2) is 10.5 Å². The molecule has 8 heteroatoms. The zero-order valence-corrected chi connectivity index (χ0v) is 14.5. The number of carbonyl (C=O) groups excluding carboxylic acids is 1. The Morgan fingerprint density at radius 2 is 1.95 bits per heavy atom. The van der Waals surface area contributed by atoms with Gasteiger partial charge in [-0.05, 0) is 24.3 Å². The Hall–Kier alpha value is -0.850. The second-order valence-electron chi connectivity index (χ2n) is 4.20. The van der Waals surface area contributed by atoms with Crippen LogP contribution in [0.1, 0.15) is 9.67 Å². The van der Waals surface area contributed by atoms with Gasteiger partial charge in [0, 0.05) is 12.1 Å². The topological polar surface area (TPSA) is 34.4 Å². The highest BCUT2D eigenvalue weighted by atomic mass is 35.5. The van der Waals surface area contributed by atoms with E-state index in [1.807, 2.05) is 7.05 Å². The smallest absolute Gasteiger partial charge is 0.289 e. The summed E-state index contributed by atoms with van der Waals surface area (Å²) in [4.78, 5) is 17.3. The molecule has 21 heavy (non-hydrogen) atoms. The summed E-state index contributed by atoms with van der Waals surface area (Å²) in [5, 5.41) is 1.08. The highest BCUT2D eigenvalue weighted by molar-refractivity contribution is 7.18. The van der Waals surface area contributed by atoms with Gasteiger partial charge in [-0.1, -0.05) is 46.1 Å². The third kappa shape index (κ3) is 2.89. The molecular formula is C13H7Cl3N2OS2. The Labute approximate surface area is 143 Å². The van der Waals surface area contributed by atoms with Gasteiger partial charge in [0.05, 0.1) is 24.5 Å². The molecule has 0 radical (unpaired) electrons. The molecule has 0 N–H and O–H groups in total. The molecule has 0 aliphatic heterocycles. The monoisotopic (exact) mass is 376 g/mol. The normalized spacial score (nSPS) is 12.3. The Balaban J connectivity index is 2.16. The fourth-order valence-electron chi connectivity index (χ4n) is 1.88. The predicted octanol–water partition coefficient (Wildman–Crippen LogP) is 5.00. The molecule has 0 aliphatic rings. The summed E-state index contributed by atoms with van der Waals surface area (Å²) >= 11 is 20.6. The van der Waals surface area contributed by atoms with Crippen LogP contribution in [0, 0.1) is 0 Å². The fraction of sp³-hybridized carbons (Fsp3) is 0.0769. The molecular weight excluding hydrogens is 371 g/mol. The first-order valence-corrected chi connectivity index (χ1v) is 8.51. The number of rotatable bonds is 1. The van der Waals surface area contributed by atoms with E-state index in [9.17, 15) is 4.79 Å². The standard InChI is InChI=1S/C13H7Cl3N2OS2/c1-18-11-7(15)4-6(14)5-9(11)21-13(18)17-12(19)8-2-3-10(16)20-8/h2-5H,1H3. The number of aromatic nitrogens is 1. The summed E-state index contributed by atoms with van der Waals surface area (Å²) in [5.41, 5.74) is 0.807. The Morgan fingerprint density at radius 1 is 1.19 bits per heavy atom. The van der Waals surface area contributed by atoms with Crippen LogP contribution in [0.4, 0.5) is 0 Å². The van der Waals surface area contributed by atoms with Crippen molar-refractivity contribution in [2.75, 3.05) is 0 Å². The molecule has 1 aromatic carbocycles. The molecule has 2 heterocycles. The van der Waals surface area contributed by atoms with E-state index in [4.69, 9.17) is 34.8 Å². The van der Waals surface area contributed by atoms with Gasteiger partial charge in [0.25, 0.3) is 5.91 Å². The SMILES string of the molecule is Cn1c(=NC(=O)c2ccc(Cl)s2)sc2cc(Cl)cc(Cl)c21.